The van der Waals surface area contributed by atoms with Crippen LogP contribution in [-0.2, 0) is 4.74 Å². The van der Waals surface area contributed by atoms with E-state index in [0.29, 0.717) is 0 Å². The molecule has 0 aromatic heterocycles. The van der Waals surface area contributed by atoms with Crippen molar-refractivity contribution in [3.8, 4) is 0 Å². The summed E-state index contributed by atoms with van der Waals surface area (Å²) in [5, 5.41) is 8.40. The molecule has 0 aliphatic carbocycles. The van der Waals surface area contributed by atoms with Gasteiger partial charge in [0.05, 0.1) is 6.10 Å². The molecule has 0 saturated carbocycles. The molecule has 2 atom stereocenters. The summed E-state index contributed by atoms with van der Waals surface area (Å²) >= 11 is 0. The maximum absolute atomic E-state index is 11.6. The van der Waals surface area contributed by atoms with E-state index in [2.05, 4.69) is 4.74 Å². The number of rotatable bonds is 2. The molecule has 0 amide bonds. The van der Waals surface area contributed by atoms with Crippen molar-refractivity contribution in [3.05, 3.63) is 0 Å². The molecule has 0 aliphatic heterocycles. The molecule has 0 unspecified atom stereocenters. The van der Waals surface area contributed by atoms with E-state index in [-0.39, 0.29) is 0 Å². The second-order valence-electron chi connectivity index (χ2n) is 1.93. The minimum absolute atomic E-state index is 1.11. The smallest absolute Gasteiger partial charge is 0.381 e. The fourth-order valence-corrected chi connectivity index (χ4v) is 0.395. The SMILES string of the molecule is CO[C@H](C)[C@H](O)C(F)(F)F. The van der Waals surface area contributed by atoms with Crippen LogP contribution in [0.25, 0.3) is 0 Å². The summed E-state index contributed by atoms with van der Waals surface area (Å²) in [5.74, 6) is 0. The number of halogens is 3. The van der Waals surface area contributed by atoms with Crippen LogP contribution in [0.4, 0.5) is 13.2 Å². The van der Waals surface area contributed by atoms with Gasteiger partial charge in [0, 0.05) is 7.11 Å². The first-order valence-electron chi connectivity index (χ1n) is 2.67. The fraction of sp³-hybridized carbons (Fsp3) is 1.00. The van der Waals surface area contributed by atoms with Gasteiger partial charge in [-0.05, 0) is 6.92 Å². The van der Waals surface area contributed by atoms with Crippen LogP contribution < -0.4 is 0 Å². The van der Waals surface area contributed by atoms with Crippen LogP contribution in [0.15, 0.2) is 0 Å². The monoisotopic (exact) mass is 158 g/mol. The zero-order chi connectivity index (χ0) is 8.36. The first-order chi connectivity index (χ1) is 4.39. The van der Waals surface area contributed by atoms with Gasteiger partial charge in [0.15, 0.2) is 6.10 Å². The summed E-state index contributed by atoms with van der Waals surface area (Å²) in [5.41, 5.74) is 0. The third-order valence-corrected chi connectivity index (χ3v) is 1.15. The molecule has 62 valence electrons. The first-order valence-corrected chi connectivity index (χ1v) is 2.67. The number of methoxy groups -OCH3 is 1. The van der Waals surface area contributed by atoms with E-state index in [4.69, 9.17) is 5.11 Å². The highest BCUT2D eigenvalue weighted by molar-refractivity contribution is 4.71. The molecule has 0 aromatic rings. The summed E-state index contributed by atoms with van der Waals surface area (Å²) in [6.45, 7) is 1.15. The van der Waals surface area contributed by atoms with Crippen LogP contribution in [0.1, 0.15) is 6.92 Å². The number of ether oxygens (including phenoxy) is 1. The molecular weight excluding hydrogens is 149 g/mol. The minimum Gasteiger partial charge on any atom is -0.381 e. The summed E-state index contributed by atoms with van der Waals surface area (Å²) in [6, 6.07) is 0. The molecule has 1 N–H and O–H groups in total. The highest BCUT2D eigenvalue weighted by Crippen LogP contribution is 2.23. The predicted octanol–water partition coefficient (Wildman–Crippen LogP) is 0.944. The molecule has 0 rings (SSSR count). The summed E-state index contributed by atoms with van der Waals surface area (Å²) in [7, 11) is 1.11. The second-order valence-corrected chi connectivity index (χ2v) is 1.93. The Morgan fingerprint density at radius 3 is 1.90 bits per heavy atom. The Bertz CT molecular complexity index is 102. The van der Waals surface area contributed by atoms with Gasteiger partial charge in [-0.3, -0.25) is 0 Å². The van der Waals surface area contributed by atoms with Gasteiger partial charge in [-0.15, -0.1) is 0 Å². The highest BCUT2D eigenvalue weighted by Gasteiger charge is 2.41. The Labute approximate surface area is 56.6 Å². The molecule has 10 heavy (non-hydrogen) atoms. The molecule has 0 spiro atoms. The van der Waals surface area contributed by atoms with Gasteiger partial charge < -0.3 is 9.84 Å². The van der Waals surface area contributed by atoms with Crippen molar-refractivity contribution in [2.24, 2.45) is 0 Å². The molecule has 0 fully saturated rings. The molecule has 0 heterocycles. The Kier molecular flexibility index (Phi) is 3.11. The van der Waals surface area contributed by atoms with Crippen molar-refractivity contribution >= 4 is 0 Å². The summed E-state index contributed by atoms with van der Waals surface area (Å²) in [6.07, 6.45) is -8.19. The van der Waals surface area contributed by atoms with E-state index >= 15 is 0 Å². The predicted molar refractivity (Wildman–Crippen MR) is 28.5 cm³/mol. The molecule has 0 aromatic carbocycles. The topological polar surface area (TPSA) is 29.5 Å². The van der Waals surface area contributed by atoms with Crippen molar-refractivity contribution in [3.63, 3.8) is 0 Å². The Morgan fingerprint density at radius 1 is 1.40 bits per heavy atom. The van der Waals surface area contributed by atoms with E-state index in [9.17, 15) is 13.2 Å². The minimum atomic E-state index is -4.59. The van der Waals surface area contributed by atoms with E-state index in [1.165, 1.54) is 0 Å². The second kappa shape index (κ2) is 3.21. The standard InChI is InChI=1S/C5H9F3O2/c1-3(10-2)4(9)5(6,7)8/h3-4,9H,1-2H3/t3-,4+/m1/s1. The van der Waals surface area contributed by atoms with Crippen molar-refractivity contribution < 1.29 is 23.0 Å². The van der Waals surface area contributed by atoms with Gasteiger partial charge in [0.1, 0.15) is 0 Å². The number of alkyl halides is 3. The molecule has 2 nitrogen and oxygen atoms in total. The van der Waals surface area contributed by atoms with E-state index in [1.54, 1.807) is 0 Å². The van der Waals surface area contributed by atoms with Crippen LogP contribution in [-0.4, -0.2) is 30.6 Å². The van der Waals surface area contributed by atoms with E-state index in [1.807, 2.05) is 0 Å². The number of hydrogen-bond donors (Lipinski definition) is 1. The van der Waals surface area contributed by atoms with Gasteiger partial charge in [0.25, 0.3) is 0 Å². The van der Waals surface area contributed by atoms with Crippen molar-refractivity contribution in [1.29, 1.82) is 0 Å². The zero-order valence-electron chi connectivity index (χ0n) is 5.64. The average Bonchev–Trinajstić information content (AvgIpc) is 1.83. The Morgan fingerprint density at radius 2 is 1.80 bits per heavy atom. The molecule has 0 bridgehead atoms. The lowest BCUT2D eigenvalue weighted by Crippen LogP contribution is -2.38. The maximum Gasteiger partial charge on any atom is 0.416 e. The van der Waals surface area contributed by atoms with Gasteiger partial charge in [-0.1, -0.05) is 0 Å². The molecule has 0 radical (unpaired) electrons. The van der Waals surface area contributed by atoms with Crippen LogP contribution in [0, 0.1) is 0 Å². The fourth-order valence-electron chi connectivity index (χ4n) is 0.395. The van der Waals surface area contributed by atoms with Crippen LogP contribution >= 0.6 is 0 Å². The van der Waals surface area contributed by atoms with Crippen LogP contribution in [0.2, 0.25) is 0 Å². The third-order valence-electron chi connectivity index (χ3n) is 1.15. The third kappa shape index (κ3) is 2.53. The Hall–Kier alpha value is -0.290. The number of hydrogen-bond acceptors (Lipinski definition) is 2. The molecule has 0 aliphatic rings. The van der Waals surface area contributed by atoms with E-state index < -0.39 is 18.4 Å². The van der Waals surface area contributed by atoms with Crippen LogP contribution in [0.5, 0.6) is 0 Å². The quantitative estimate of drug-likeness (QED) is 0.648. The Balaban J connectivity index is 3.94. The number of aliphatic hydroxyl groups excluding tert-OH is 1. The normalized spacial score (nSPS) is 18.6. The van der Waals surface area contributed by atoms with Gasteiger partial charge in [0.2, 0.25) is 0 Å². The molecular formula is C5H9F3O2. The molecule has 0 saturated heterocycles. The lowest BCUT2D eigenvalue weighted by molar-refractivity contribution is -0.230. The van der Waals surface area contributed by atoms with Gasteiger partial charge in [-0.25, -0.2) is 0 Å². The maximum atomic E-state index is 11.6. The van der Waals surface area contributed by atoms with Gasteiger partial charge >= 0.3 is 6.18 Å². The lowest BCUT2D eigenvalue weighted by Gasteiger charge is -2.19. The van der Waals surface area contributed by atoms with Crippen molar-refractivity contribution in [2.75, 3.05) is 7.11 Å². The first kappa shape index (κ1) is 9.71. The molecule has 5 heteroatoms. The average molecular weight is 158 g/mol. The van der Waals surface area contributed by atoms with Crippen molar-refractivity contribution in [1.82, 2.24) is 0 Å². The largest absolute Gasteiger partial charge is 0.416 e. The zero-order valence-corrected chi connectivity index (χ0v) is 5.64. The van der Waals surface area contributed by atoms with E-state index in [0.717, 1.165) is 14.0 Å². The van der Waals surface area contributed by atoms with Crippen molar-refractivity contribution in [2.45, 2.75) is 25.3 Å². The summed E-state index contributed by atoms with van der Waals surface area (Å²) in [4.78, 5) is 0. The lowest BCUT2D eigenvalue weighted by atomic mass is 10.2. The summed E-state index contributed by atoms with van der Waals surface area (Å²) < 4.78 is 38.9. The van der Waals surface area contributed by atoms with Gasteiger partial charge in [-0.2, -0.15) is 13.2 Å². The number of aliphatic hydroxyl groups is 1. The highest BCUT2D eigenvalue weighted by atomic mass is 19.4. The van der Waals surface area contributed by atoms with Crippen LogP contribution in [0.3, 0.4) is 0 Å².